The highest BCUT2D eigenvalue weighted by atomic mass is 35.5. The average Bonchev–Trinajstić information content (AvgIpc) is 2.73. The molecule has 1 aromatic carbocycles. The van der Waals surface area contributed by atoms with E-state index in [9.17, 15) is 9.18 Å². The zero-order chi connectivity index (χ0) is 15.8. The lowest BCUT2D eigenvalue weighted by atomic mass is 9.95. The Morgan fingerprint density at radius 3 is 2.67 bits per heavy atom. The van der Waals surface area contributed by atoms with E-state index in [0.717, 1.165) is 5.56 Å². The number of likely N-dealkylation sites (tertiary alicyclic amines) is 1. The molecule has 2 N–H and O–H groups in total. The topological polar surface area (TPSA) is 55.6 Å². The van der Waals surface area contributed by atoms with Crippen LogP contribution in [0.5, 0.6) is 0 Å². The SMILES string of the molecule is CC(C)(C)OC(=O)N1C[C@H](c2ccc(Cl)c(F)c2)[C@@H](N)C1. The second-order valence-electron chi connectivity index (χ2n) is 6.33. The molecule has 0 aliphatic carbocycles. The molecule has 116 valence electrons. The van der Waals surface area contributed by atoms with Gasteiger partial charge < -0.3 is 15.4 Å². The van der Waals surface area contributed by atoms with Crippen LogP contribution in [-0.2, 0) is 4.74 Å². The number of ether oxygens (including phenoxy) is 1. The molecular weight excluding hydrogens is 295 g/mol. The van der Waals surface area contributed by atoms with Crippen molar-refractivity contribution in [3.8, 4) is 0 Å². The third kappa shape index (κ3) is 3.86. The first-order valence-corrected chi connectivity index (χ1v) is 7.23. The van der Waals surface area contributed by atoms with Gasteiger partial charge in [-0.1, -0.05) is 17.7 Å². The van der Waals surface area contributed by atoms with Crippen LogP contribution in [0.2, 0.25) is 5.02 Å². The first-order chi connectivity index (χ1) is 9.67. The molecule has 0 saturated carbocycles. The van der Waals surface area contributed by atoms with Gasteiger partial charge in [-0.15, -0.1) is 0 Å². The molecule has 0 unspecified atom stereocenters. The zero-order valence-electron chi connectivity index (χ0n) is 12.4. The van der Waals surface area contributed by atoms with E-state index in [1.807, 2.05) is 20.8 Å². The van der Waals surface area contributed by atoms with E-state index in [1.54, 1.807) is 11.0 Å². The molecule has 1 aromatic rings. The summed E-state index contributed by atoms with van der Waals surface area (Å²) < 4.78 is 18.9. The van der Waals surface area contributed by atoms with Crippen LogP contribution < -0.4 is 5.73 Å². The lowest BCUT2D eigenvalue weighted by Crippen LogP contribution is -2.36. The Morgan fingerprint density at radius 2 is 2.10 bits per heavy atom. The van der Waals surface area contributed by atoms with Gasteiger partial charge in [-0.25, -0.2) is 9.18 Å². The lowest BCUT2D eigenvalue weighted by molar-refractivity contribution is 0.0290. The van der Waals surface area contributed by atoms with Crippen molar-refractivity contribution in [1.29, 1.82) is 0 Å². The van der Waals surface area contributed by atoms with Crippen LogP contribution in [0.25, 0.3) is 0 Å². The molecule has 1 heterocycles. The molecule has 1 amide bonds. The van der Waals surface area contributed by atoms with E-state index >= 15 is 0 Å². The van der Waals surface area contributed by atoms with Crippen molar-refractivity contribution in [2.75, 3.05) is 13.1 Å². The van der Waals surface area contributed by atoms with E-state index in [-0.39, 0.29) is 17.0 Å². The fourth-order valence-corrected chi connectivity index (χ4v) is 2.52. The summed E-state index contributed by atoms with van der Waals surface area (Å²) in [5, 5.41) is 0.0781. The van der Waals surface area contributed by atoms with Gasteiger partial charge in [-0.2, -0.15) is 0 Å². The minimum Gasteiger partial charge on any atom is -0.444 e. The number of hydrogen-bond acceptors (Lipinski definition) is 3. The summed E-state index contributed by atoms with van der Waals surface area (Å²) in [5.74, 6) is -0.596. The summed E-state index contributed by atoms with van der Waals surface area (Å²) in [6.07, 6.45) is -0.394. The molecule has 6 heteroatoms. The van der Waals surface area contributed by atoms with Crippen molar-refractivity contribution in [3.63, 3.8) is 0 Å². The van der Waals surface area contributed by atoms with Crippen molar-refractivity contribution in [1.82, 2.24) is 4.90 Å². The maximum atomic E-state index is 13.6. The van der Waals surface area contributed by atoms with E-state index in [1.165, 1.54) is 12.1 Å². The summed E-state index contributed by atoms with van der Waals surface area (Å²) >= 11 is 5.68. The Kier molecular flexibility index (Phi) is 4.44. The van der Waals surface area contributed by atoms with Gasteiger partial charge in [-0.05, 0) is 38.5 Å². The number of rotatable bonds is 1. The number of carbonyl (C=O) groups is 1. The Hall–Kier alpha value is -1.33. The number of carbonyl (C=O) groups excluding carboxylic acids is 1. The first-order valence-electron chi connectivity index (χ1n) is 6.86. The second kappa shape index (κ2) is 5.81. The van der Waals surface area contributed by atoms with Gasteiger partial charge in [0.15, 0.2) is 0 Å². The minimum atomic E-state index is -0.550. The molecule has 1 saturated heterocycles. The molecule has 21 heavy (non-hydrogen) atoms. The van der Waals surface area contributed by atoms with E-state index < -0.39 is 17.5 Å². The molecule has 0 aromatic heterocycles. The van der Waals surface area contributed by atoms with Crippen molar-refractivity contribution in [2.24, 2.45) is 5.73 Å². The summed E-state index contributed by atoms with van der Waals surface area (Å²) in [6.45, 7) is 6.24. The molecular formula is C15H20ClFN2O2. The first kappa shape index (κ1) is 16.0. The van der Waals surface area contributed by atoms with Gasteiger partial charge in [0.05, 0.1) is 5.02 Å². The molecule has 0 radical (unpaired) electrons. The molecule has 0 spiro atoms. The second-order valence-corrected chi connectivity index (χ2v) is 6.74. The number of nitrogens with zero attached hydrogens (tertiary/aromatic N) is 1. The predicted molar refractivity (Wildman–Crippen MR) is 79.9 cm³/mol. The maximum Gasteiger partial charge on any atom is 0.410 e. The van der Waals surface area contributed by atoms with Crippen LogP contribution in [0, 0.1) is 5.82 Å². The number of halogens is 2. The van der Waals surface area contributed by atoms with Gasteiger partial charge in [0.25, 0.3) is 0 Å². The van der Waals surface area contributed by atoms with Crippen molar-refractivity contribution >= 4 is 17.7 Å². The Morgan fingerprint density at radius 1 is 1.43 bits per heavy atom. The fourth-order valence-electron chi connectivity index (χ4n) is 2.40. The lowest BCUT2D eigenvalue weighted by Gasteiger charge is -2.24. The van der Waals surface area contributed by atoms with E-state index in [2.05, 4.69) is 0 Å². The maximum absolute atomic E-state index is 13.6. The minimum absolute atomic E-state index is 0.0781. The monoisotopic (exact) mass is 314 g/mol. The summed E-state index contributed by atoms with van der Waals surface area (Å²) in [6, 6.07) is 4.38. The van der Waals surface area contributed by atoms with Crippen LogP contribution >= 0.6 is 11.6 Å². The van der Waals surface area contributed by atoms with Crippen LogP contribution in [-0.4, -0.2) is 35.7 Å². The van der Waals surface area contributed by atoms with Gasteiger partial charge in [0.1, 0.15) is 11.4 Å². The Bertz CT molecular complexity index is 545. The molecule has 0 bridgehead atoms. The number of hydrogen-bond donors (Lipinski definition) is 1. The van der Waals surface area contributed by atoms with Crippen LogP contribution in [0.3, 0.4) is 0 Å². The molecule has 1 aliphatic rings. The smallest absolute Gasteiger partial charge is 0.410 e. The third-order valence-corrected chi connectivity index (χ3v) is 3.70. The largest absolute Gasteiger partial charge is 0.444 e. The fraction of sp³-hybridized carbons (Fsp3) is 0.533. The number of amides is 1. The van der Waals surface area contributed by atoms with Crippen LogP contribution in [0.15, 0.2) is 18.2 Å². The molecule has 1 aliphatic heterocycles. The number of nitrogens with two attached hydrogens (primary N) is 1. The molecule has 2 atom stereocenters. The third-order valence-electron chi connectivity index (χ3n) is 3.39. The van der Waals surface area contributed by atoms with E-state index in [0.29, 0.717) is 13.1 Å². The summed E-state index contributed by atoms with van der Waals surface area (Å²) in [7, 11) is 0. The van der Waals surface area contributed by atoms with Gasteiger partial charge >= 0.3 is 6.09 Å². The standard InChI is InChI=1S/C15H20ClFN2O2/c1-15(2,3)21-14(20)19-7-10(13(18)8-19)9-4-5-11(16)12(17)6-9/h4-6,10,13H,7-8,18H2,1-3H3/t10-,13+/m1/s1. The molecule has 1 fully saturated rings. The molecule has 2 rings (SSSR count). The highest BCUT2D eigenvalue weighted by Crippen LogP contribution is 2.29. The summed E-state index contributed by atoms with van der Waals surface area (Å²) in [5.41, 5.74) is 6.28. The van der Waals surface area contributed by atoms with Gasteiger partial charge in [0.2, 0.25) is 0 Å². The quantitative estimate of drug-likeness (QED) is 0.866. The van der Waals surface area contributed by atoms with Gasteiger partial charge in [0, 0.05) is 25.0 Å². The summed E-state index contributed by atoms with van der Waals surface area (Å²) in [4.78, 5) is 13.6. The van der Waals surface area contributed by atoms with Crippen LogP contribution in [0.4, 0.5) is 9.18 Å². The van der Waals surface area contributed by atoms with Crippen molar-refractivity contribution < 1.29 is 13.9 Å². The van der Waals surface area contributed by atoms with Gasteiger partial charge in [-0.3, -0.25) is 0 Å². The van der Waals surface area contributed by atoms with Crippen LogP contribution in [0.1, 0.15) is 32.3 Å². The normalized spacial score (nSPS) is 22.5. The molecule has 4 nitrogen and oxygen atoms in total. The average molecular weight is 315 g/mol. The Labute approximate surface area is 129 Å². The van der Waals surface area contributed by atoms with Crippen molar-refractivity contribution in [2.45, 2.75) is 38.3 Å². The highest BCUT2D eigenvalue weighted by Gasteiger charge is 2.36. The van der Waals surface area contributed by atoms with Crippen molar-refractivity contribution in [3.05, 3.63) is 34.6 Å². The Balaban J connectivity index is 2.10. The highest BCUT2D eigenvalue weighted by molar-refractivity contribution is 6.30. The zero-order valence-corrected chi connectivity index (χ0v) is 13.2. The van der Waals surface area contributed by atoms with E-state index in [4.69, 9.17) is 22.1 Å². The number of benzene rings is 1. The predicted octanol–water partition coefficient (Wildman–Crippen LogP) is 3.14.